The van der Waals surface area contributed by atoms with Gasteiger partial charge in [0.05, 0.1) is 18.9 Å². The number of ether oxygens (including phenoxy) is 2. The minimum Gasteiger partial charge on any atom is -0.475 e. The Kier molecular flexibility index (Phi) is 1.95. The number of carboxylic acids is 1. The summed E-state index contributed by atoms with van der Waals surface area (Å²) in [5.74, 6) is -1.31. The highest BCUT2D eigenvalue weighted by Crippen LogP contribution is 2.40. The fraction of sp³-hybridized carbons (Fsp3) is 0.500. The molecule has 0 amide bonds. The normalized spacial score (nSPS) is 27.2. The molecule has 16 heavy (non-hydrogen) atoms. The quantitative estimate of drug-likeness (QED) is 0.737. The molecule has 0 radical (unpaired) electrons. The van der Waals surface area contributed by atoms with E-state index in [2.05, 4.69) is 9.97 Å². The van der Waals surface area contributed by atoms with E-state index in [1.165, 1.54) is 6.20 Å². The number of nitrogens with zero attached hydrogens (tertiary/aromatic N) is 2. The predicted octanol–water partition coefficient (Wildman–Crippen LogP) is 0.321. The number of fused-ring (bicyclic) bond motifs is 2. The lowest BCUT2D eigenvalue weighted by Crippen LogP contribution is -2.27. The summed E-state index contributed by atoms with van der Waals surface area (Å²) in [5.41, 5.74) is 0.996. The molecule has 0 bridgehead atoms. The minimum absolute atomic E-state index is 0.185. The Hall–Kier alpha value is -1.53. The third kappa shape index (κ3) is 1.23. The van der Waals surface area contributed by atoms with Crippen LogP contribution in [-0.2, 0) is 21.7 Å². The molecule has 0 aromatic carbocycles. The maximum atomic E-state index is 10.8. The zero-order valence-corrected chi connectivity index (χ0v) is 8.47. The maximum absolute atomic E-state index is 10.8. The highest BCUT2D eigenvalue weighted by atomic mass is 16.6. The van der Waals surface area contributed by atoms with Gasteiger partial charge in [-0.05, 0) is 0 Å². The van der Waals surface area contributed by atoms with Gasteiger partial charge >= 0.3 is 5.97 Å². The molecule has 3 rings (SSSR count). The molecule has 1 N–H and O–H groups in total. The van der Waals surface area contributed by atoms with Crippen LogP contribution in [0.4, 0.5) is 0 Å². The molecule has 2 aliphatic heterocycles. The second-order valence-corrected chi connectivity index (χ2v) is 3.96. The lowest BCUT2D eigenvalue weighted by molar-refractivity contribution is -0.0442. The Balaban J connectivity index is 2.09. The van der Waals surface area contributed by atoms with Gasteiger partial charge in [-0.25, -0.2) is 14.8 Å². The molecular weight excluding hydrogens is 212 g/mol. The van der Waals surface area contributed by atoms with Crippen LogP contribution >= 0.6 is 0 Å². The first-order valence-electron chi connectivity index (χ1n) is 5.03. The summed E-state index contributed by atoms with van der Waals surface area (Å²) >= 11 is 0. The zero-order valence-electron chi connectivity index (χ0n) is 8.47. The van der Waals surface area contributed by atoms with Crippen molar-refractivity contribution in [1.82, 2.24) is 9.97 Å². The molecule has 1 aromatic heterocycles. The monoisotopic (exact) mass is 222 g/mol. The number of carbonyl (C=O) groups is 1. The van der Waals surface area contributed by atoms with Gasteiger partial charge in [0.25, 0.3) is 0 Å². The van der Waals surface area contributed by atoms with Gasteiger partial charge in [-0.15, -0.1) is 0 Å². The van der Waals surface area contributed by atoms with Crippen LogP contribution in [0.2, 0.25) is 0 Å². The molecule has 1 unspecified atom stereocenters. The van der Waals surface area contributed by atoms with Crippen LogP contribution < -0.4 is 0 Å². The fourth-order valence-electron chi connectivity index (χ4n) is 2.14. The summed E-state index contributed by atoms with van der Waals surface area (Å²) in [4.78, 5) is 18.7. The van der Waals surface area contributed by atoms with Crippen molar-refractivity contribution in [1.29, 1.82) is 0 Å². The van der Waals surface area contributed by atoms with Crippen LogP contribution in [0.3, 0.4) is 0 Å². The van der Waals surface area contributed by atoms with Crippen molar-refractivity contribution >= 4 is 5.97 Å². The first-order chi connectivity index (χ1) is 7.71. The molecule has 1 fully saturated rings. The van der Waals surface area contributed by atoms with E-state index >= 15 is 0 Å². The smallest absolute Gasteiger partial charge is 0.373 e. The summed E-state index contributed by atoms with van der Waals surface area (Å²) in [6.45, 7) is 1.49. The van der Waals surface area contributed by atoms with Crippen LogP contribution in [-0.4, -0.2) is 34.3 Å². The van der Waals surface area contributed by atoms with Crippen LogP contribution in [0, 0.1) is 0 Å². The van der Waals surface area contributed by atoms with E-state index in [9.17, 15) is 4.79 Å². The standard InChI is InChI=1S/C10H10N2O4/c13-9(14)8-11-3-6-4-16-10(7(6)12-8)1-2-15-5-10/h3H,1-2,4-5H2,(H,13,14). The molecular formula is C10H10N2O4. The second-order valence-electron chi connectivity index (χ2n) is 3.96. The van der Waals surface area contributed by atoms with E-state index in [1.807, 2.05) is 0 Å². The molecule has 2 aliphatic rings. The van der Waals surface area contributed by atoms with Crippen molar-refractivity contribution in [2.75, 3.05) is 13.2 Å². The van der Waals surface area contributed by atoms with E-state index in [-0.39, 0.29) is 5.82 Å². The van der Waals surface area contributed by atoms with Crippen molar-refractivity contribution < 1.29 is 19.4 Å². The summed E-state index contributed by atoms with van der Waals surface area (Å²) in [6.07, 6.45) is 2.24. The predicted molar refractivity (Wildman–Crippen MR) is 50.9 cm³/mol. The van der Waals surface area contributed by atoms with E-state index < -0.39 is 11.6 Å². The Bertz CT molecular complexity index is 454. The second kappa shape index (κ2) is 3.23. The van der Waals surface area contributed by atoms with Gasteiger partial charge in [-0.3, -0.25) is 0 Å². The van der Waals surface area contributed by atoms with Crippen molar-refractivity contribution in [3.8, 4) is 0 Å². The lowest BCUT2D eigenvalue weighted by Gasteiger charge is -2.20. The number of carboxylic acid groups (broad SMARTS) is 1. The number of hydrogen-bond donors (Lipinski definition) is 1. The summed E-state index contributed by atoms with van der Waals surface area (Å²) < 4.78 is 11.0. The van der Waals surface area contributed by atoms with Crippen LogP contribution in [0.25, 0.3) is 0 Å². The topological polar surface area (TPSA) is 81.5 Å². The minimum atomic E-state index is -1.12. The van der Waals surface area contributed by atoms with E-state index in [4.69, 9.17) is 14.6 Å². The van der Waals surface area contributed by atoms with Gasteiger partial charge in [0.2, 0.25) is 5.82 Å². The Morgan fingerprint density at radius 1 is 1.56 bits per heavy atom. The van der Waals surface area contributed by atoms with Gasteiger partial charge < -0.3 is 14.6 Å². The zero-order chi connectivity index (χ0) is 11.2. The largest absolute Gasteiger partial charge is 0.475 e. The van der Waals surface area contributed by atoms with Gasteiger partial charge in [0.1, 0.15) is 5.60 Å². The Morgan fingerprint density at radius 2 is 2.44 bits per heavy atom. The molecule has 1 aromatic rings. The molecule has 0 saturated carbocycles. The number of aromatic carboxylic acids is 1. The van der Waals surface area contributed by atoms with Crippen LogP contribution in [0.5, 0.6) is 0 Å². The molecule has 0 aliphatic carbocycles. The molecule has 6 nitrogen and oxygen atoms in total. The molecule has 1 atom stereocenters. The lowest BCUT2D eigenvalue weighted by atomic mass is 9.98. The Labute approximate surface area is 91.2 Å². The average molecular weight is 222 g/mol. The van der Waals surface area contributed by atoms with Crippen molar-refractivity contribution in [3.63, 3.8) is 0 Å². The van der Waals surface area contributed by atoms with Crippen molar-refractivity contribution in [2.24, 2.45) is 0 Å². The first-order valence-corrected chi connectivity index (χ1v) is 5.03. The van der Waals surface area contributed by atoms with Gasteiger partial charge in [0.15, 0.2) is 0 Å². The maximum Gasteiger partial charge on any atom is 0.373 e. The van der Waals surface area contributed by atoms with Crippen molar-refractivity contribution in [2.45, 2.75) is 18.6 Å². The SMILES string of the molecule is O=C(O)c1ncc2c(n1)C1(CCOC1)OC2. The van der Waals surface area contributed by atoms with E-state index in [1.54, 1.807) is 0 Å². The Morgan fingerprint density at radius 3 is 3.12 bits per heavy atom. The van der Waals surface area contributed by atoms with E-state index in [0.717, 1.165) is 12.0 Å². The molecule has 6 heteroatoms. The third-order valence-corrected chi connectivity index (χ3v) is 2.98. The summed E-state index contributed by atoms with van der Waals surface area (Å²) in [6, 6.07) is 0. The fourth-order valence-corrected chi connectivity index (χ4v) is 2.14. The highest BCUT2D eigenvalue weighted by molar-refractivity contribution is 5.83. The van der Waals surface area contributed by atoms with Crippen LogP contribution in [0.15, 0.2) is 6.20 Å². The molecule has 1 spiro atoms. The number of hydrogen-bond acceptors (Lipinski definition) is 5. The first kappa shape index (κ1) is 9.68. The summed E-state index contributed by atoms with van der Waals surface area (Å²) in [7, 11) is 0. The van der Waals surface area contributed by atoms with Crippen molar-refractivity contribution in [3.05, 3.63) is 23.3 Å². The van der Waals surface area contributed by atoms with E-state index in [0.29, 0.717) is 25.5 Å². The summed E-state index contributed by atoms with van der Waals surface area (Å²) in [5, 5.41) is 8.85. The third-order valence-electron chi connectivity index (χ3n) is 2.98. The molecule has 1 saturated heterocycles. The van der Waals surface area contributed by atoms with Gasteiger partial charge in [0, 0.05) is 24.8 Å². The van der Waals surface area contributed by atoms with Gasteiger partial charge in [-0.2, -0.15) is 0 Å². The average Bonchev–Trinajstić information content (AvgIpc) is 2.88. The number of aromatic nitrogens is 2. The van der Waals surface area contributed by atoms with Crippen LogP contribution in [0.1, 0.15) is 28.3 Å². The highest BCUT2D eigenvalue weighted by Gasteiger charge is 2.45. The van der Waals surface area contributed by atoms with Gasteiger partial charge in [-0.1, -0.05) is 0 Å². The molecule has 3 heterocycles. The number of rotatable bonds is 1. The molecule has 84 valence electrons.